The van der Waals surface area contributed by atoms with Crippen molar-refractivity contribution in [3.63, 3.8) is 0 Å². The summed E-state index contributed by atoms with van der Waals surface area (Å²) in [6.45, 7) is 8.18. The van der Waals surface area contributed by atoms with E-state index in [-0.39, 0.29) is 24.7 Å². The van der Waals surface area contributed by atoms with Crippen LogP contribution in [-0.2, 0) is 43.2 Å². The molecule has 314 valence electrons. The molecule has 55 heavy (non-hydrogen) atoms. The third-order valence-electron chi connectivity index (χ3n) is 7.88. The van der Waals surface area contributed by atoms with E-state index in [1.807, 2.05) is 0 Å². The number of hydrogen-bond donors (Lipinski definition) is 13. The Labute approximate surface area is 317 Å². The summed E-state index contributed by atoms with van der Waals surface area (Å²) >= 11 is 0. The Morgan fingerprint density at radius 2 is 0.836 bits per heavy atom. The summed E-state index contributed by atoms with van der Waals surface area (Å²) < 4.78 is 0. The van der Waals surface area contributed by atoms with E-state index in [0.29, 0.717) is 0 Å². The van der Waals surface area contributed by atoms with Crippen LogP contribution in [0.1, 0.15) is 80.1 Å². The van der Waals surface area contributed by atoms with Crippen molar-refractivity contribution in [3.05, 3.63) is 0 Å². The quantitative estimate of drug-likeness (QED) is 0.0396. The number of rotatable bonds is 26. The van der Waals surface area contributed by atoms with Crippen molar-refractivity contribution >= 4 is 53.4 Å². The van der Waals surface area contributed by atoms with Crippen LogP contribution >= 0.6 is 0 Å². The molecule has 0 radical (unpaired) electrons. The molecule has 0 aromatic heterocycles. The molecule has 14 N–H and O–H groups in total. The number of hydrogen-bond acceptors (Lipinski definition) is 13. The Hall–Kier alpha value is -4.93. The average molecular weight is 792 g/mol. The monoisotopic (exact) mass is 791 g/mol. The second kappa shape index (κ2) is 24.5. The highest BCUT2D eigenvalue weighted by atomic mass is 16.4. The van der Waals surface area contributed by atoms with E-state index < -0.39 is 140 Å². The molecule has 0 aromatic carbocycles. The van der Waals surface area contributed by atoms with Crippen molar-refractivity contribution in [2.75, 3.05) is 6.61 Å². The van der Waals surface area contributed by atoms with Crippen molar-refractivity contribution in [1.82, 2.24) is 31.9 Å². The molecule has 0 saturated heterocycles. The summed E-state index contributed by atoms with van der Waals surface area (Å²) in [5, 5.41) is 71.5. The zero-order chi connectivity index (χ0) is 42.7. The van der Waals surface area contributed by atoms with E-state index in [1.165, 1.54) is 0 Å². The van der Waals surface area contributed by atoms with Gasteiger partial charge >= 0.3 is 17.9 Å². The van der Waals surface area contributed by atoms with Gasteiger partial charge in [-0.05, 0) is 51.4 Å². The first kappa shape index (κ1) is 50.1. The second-order valence-corrected chi connectivity index (χ2v) is 13.9. The molecule has 0 aliphatic rings. The molecule has 0 saturated carbocycles. The Morgan fingerprint density at radius 1 is 0.491 bits per heavy atom. The predicted molar refractivity (Wildman–Crippen MR) is 190 cm³/mol. The lowest BCUT2D eigenvalue weighted by Gasteiger charge is -2.28. The van der Waals surface area contributed by atoms with E-state index in [9.17, 15) is 73.8 Å². The third kappa shape index (κ3) is 19.3. The van der Waals surface area contributed by atoms with Gasteiger partial charge < -0.3 is 68.3 Å². The molecule has 0 bridgehead atoms. The third-order valence-corrected chi connectivity index (χ3v) is 7.88. The lowest BCUT2D eigenvalue weighted by Crippen LogP contribution is -2.62. The first-order valence-corrected chi connectivity index (χ1v) is 17.6. The molecule has 0 aliphatic carbocycles. The predicted octanol–water partition coefficient (Wildman–Crippen LogP) is -4.12. The number of amides is 6. The average Bonchev–Trinajstić information content (AvgIpc) is 3.06. The van der Waals surface area contributed by atoms with Gasteiger partial charge in [-0.1, -0.05) is 27.7 Å². The molecule has 22 heteroatoms. The van der Waals surface area contributed by atoms with Gasteiger partial charge in [-0.3, -0.25) is 38.4 Å². The summed E-state index contributed by atoms with van der Waals surface area (Å²) in [6, 6.07) is -11.3. The standard InChI is InChI=1S/C33H57N7O15/c1-14(2)11-18(34)27(48)38-22(13-41)30(51)35-19(7-9-23(44)45)28(49)39-25(16(5)42)31(52)36-20(8-10-24(46)47)29(50)40-26(17(6)43)32(53)37-21(33(54)55)12-15(3)4/h14-22,25-26,41-43H,7-13,34H2,1-6H3,(H,35,51)(H,36,52)(H,37,53)(H,38,48)(H,39,49)(H,40,50)(H,44,45)(H,46,47)(H,54,55)/t16?,17?,18-,19-,20-,21-,22-,25-,26-/m0/s1. The number of nitrogens with two attached hydrogens (primary N) is 1. The summed E-state index contributed by atoms with van der Waals surface area (Å²) in [7, 11) is 0. The number of nitrogens with one attached hydrogen (secondary N) is 6. The number of aliphatic hydroxyl groups excluding tert-OH is 3. The summed E-state index contributed by atoms with van der Waals surface area (Å²) in [5.41, 5.74) is 5.82. The summed E-state index contributed by atoms with van der Waals surface area (Å²) in [6.07, 6.45) is -5.73. The molecule has 9 atom stereocenters. The van der Waals surface area contributed by atoms with Crippen LogP contribution in [0.2, 0.25) is 0 Å². The minimum atomic E-state index is -1.93. The van der Waals surface area contributed by atoms with Crippen LogP contribution in [0, 0.1) is 11.8 Å². The van der Waals surface area contributed by atoms with Gasteiger partial charge in [-0.15, -0.1) is 0 Å². The second-order valence-electron chi connectivity index (χ2n) is 13.9. The maximum atomic E-state index is 13.4. The van der Waals surface area contributed by atoms with Crippen molar-refractivity contribution in [2.24, 2.45) is 17.6 Å². The first-order valence-electron chi connectivity index (χ1n) is 17.6. The largest absolute Gasteiger partial charge is 0.481 e. The van der Waals surface area contributed by atoms with E-state index in [0.717, 1.165) is 13.8 Å². The number of aliphatic hydroxyl groups is 3. The maximum absolute atomic E-state index is 13.4. The smallest absolute Gasteiger partial charge is 0.326 e. The highest BCUT2D eigenvalue weighted by Gasteiger charge is 2.36. The van der Waals surface area contributed by atoms with E-state index >= 15 is 0 Å². The van der Waals surface area contributed by atoms with Crippen LogP contribution < -0.4 is 37.6 Å². The SMILES string of the molecule is CC(C)C[C@H](NC(=O)[C@@H](NC(=O)[C@H](CCC(=O)O)NC(=O)[C@@H](NC(=O)[C@H](CCC(=O)O)NC(=O)[C@H](CO)NC(=O)[C@@H](N)CC(C)C)C(C)O)C(C)O)C(=O)O. The lowest BCUT2D eigenvalue weighted by molar-refractivity contribution is -0.143. The van der Waals surface area contributed by atoms with Gasteiger partial charge in [0.15, 0.2) is 0 Å². The fourth-order valence-corrected chi connectivity index (χ4v) is 4.97. The van der Waals surface area contributed by atoms with E-state index in [4.69, 9.17) is 5.73 Å². The van der Waals surface area contributed by atoms with Crippen LogP contribution in [0.15, 0.2) is 0 Å². The molecule has 0 aliphatic heterocycles. The normalized spacial score (nSPS) is 16.1. The Bertz CT molecular complexity index is 1360. The number of carboxylic acid groups (broad SMARTS) is 3. The highest BCUT2D eigenvalue weighted by Crippen LogP contribution is 2.09. The van der Waals surface area contributed by atoms with Crippen molar-refractivity contribution < 1.29 is 73.8 Å². The number of carboxylic acids is 3. The van der Waals surface area contributed by atoms with Crippen molar-refractivity contribution in [2.45, 2.75) is 135 Å². The van der Waals surface area contributed by atoms with E-state index in [2.05, 4.69) is 31.9 Å². The van der Waals surface area contributed by atoms with Gasteiger partial charge in [-0.2, -0.15) is 0 Å². The van der Waals surface area contributed by atoms with Crippen LogP contribution in [0.5, 0.6) is 0 Å². The van der Waals surface area contributed by atoms with Gasteiger partial charge in [-0.25, -0.2) is 4.79 Å². The van der Waals surface area contributed by atoms with Gasteiger partial charge in [0.2, 0.25) is 35.4 Å². The lowest BCUT2D eigenvalue weighted by atomic mass is 10.0. The molecule has 0 heterocycles. The molecule has 0 spiro atoms. The Balaban J connectivity index is 6.22. The van der Waals surface area contributed by atoms with Gasteiger partial charge in [0.05, 0.1) is 24.9 Å². The first-order chi connectivity index (χ1) is 25.4. The molecule has 0 rings (SSSR count). The van der Waals surface area contributed by atoms with Gasteiger partial charge in [0.1, 0.15) is 36.3 Å². The fourth-order valence-electron chi connectivity index (χ4n) is 4.97. The van der Waals surface area contributed by atoms with Crippen LogP contribution in [-0.4, -0.2) is 145 Å². The number of carbonyl (C=O) groups is 9. The minimum Gasteiger partial charge on any atom is -0.481 e. The highest BCUT2D eigenvalue weighted by molar-refractivity contribution is 5.97. The molecule has 6 amide bonds. The van der Waals surface area contributed by atoms with Gasteiger partial charge in [0, 0.05) is 12.8 Å². The zero-order valence-electron chi connectivity index (χ0n) is 31.7. The molecular weight excluding hydrogens is 734 g/mol. The molecule has 0 aromatic rings. The Morgan fingerprint density at radius 3 is 1.16 bits per heavy atom. The molecule has 22 nitrogen and oxygen atoms in total. The van der Waals surface area contributed by atoms with Crippen LogP contribution in [0.3, 0.4) is 0 Å². The zero-order valence-corrected chi connectivity index (χ0v) is 31.7. The van der Waals surface area contributed by atoms with Crippen LogP contribution in [0.25, 0.3) is 0 Å². The Kier molecular flexibility index (Phi) is 22.3. The van der Waals surface area contributed by atoms with Gasteiger partial charge in [0.25, 0.3) is 0 Å². The molecule has 2 unspecified atom stereocenters. The van der Waals surface area contributed by atoms with E-state index in [1.54, 1.807) is 27.7 Å². The van der Waals surface area contributed by atoms with Crippen LogP contribution in [0.4, 0.5) is 0 Å². The molecule has 0 fully saturated rings. The maximum Gasteiger partial charge on any atom is 0.326 e. The topological polar surface area (TPSA) is 373 Å². The number of carbonyl (C=O) groups excluding carboxylic acids is 6. The molecular formula is C33H57N7O15. The van der Waals surface area contributed by atoms with Crippen molar-refractivity contribution in [3.8, 4) is 0 Å². The summed E-state index contributed by atoms with van der Waals surface area (Å²) in [4.78, 5) is 113. The summed E-state index contributed by atoms with van der Waals surface area (Å²) in [5.74, 6) is -11.1. The number of aliphatic carboxylic acids is 3. The minimum absolute atomic E-state index is 0.00211. The fraction of sp³-hybridized carbons (Fsp3) is 0.727. The van der Waals surface area contributed by atoms with Crippen molar-refractivity contribution in [1.29, 1.82) is 0 Å².